The van der Waals surface area contributed by atoms with Crippen molar-refractivity contribution in [3.05, 3.63) is 0 Å². The van der Waals surface area contributed by atoms with Gasteiger partial charge < -0.3 is 27.6 Å². The van der Waals surface area contributed by atoms with Crippen LogP contribution in [0.1, 0.15) is 5.71 Å². The number of rotatable bonds is 0. The van der Waals surface area contributed by atoms with E-state index in [0.717, 1.165) is 0 Å². The van der Waals surface area contributed by atoms with E-state index >= 15 is 0 Å². The Hall–Kier alpha value is 4.18. The average Bonchev–Trinajstić information content (AvgIpc) is 0. The summed E-state index contributed by atoms with van der Waals surface area (Å²) in [6.45, 7) is 0. The summed E-state index contributed by atoms with van der Waals surface area (Å²) in [5.74, 6) is 0. The molecular formula is H14BaCaO4SnTi. The Labute approximate surface area is 156 Å². The predicted molar refractivity (Wildman–Crippen MR) is 39.0 cm³/mol. The summed E-state index contributed by atoms with van der Waals surface area (Å²) in [6.07, 6.45) is 0. The van der Waals surface area contributed by atoms with Crippen molar-refractivity contribution in [3.63, 3.8) is 0 Å². The van der Waals surface area contributed by atoms with Gasteiger partial charge in [0.2, 0.25) is 0 Å². The van der Waals surface area contributed by atoms with Crippen molar-refractivity contribution in [2.24, 2.45) is 0 Å². The van der Waals surface area contributed by atoms with Gasteiger partial charge in [0.15, 0.2) is 0 Å². The minimum absolute atomic E-state index is 0. The average molecular weight is 422 g/mol. The second kappa shape index (κ2) is 66.3. The zero-order valence-electron chi connectivity index (χ0n) is 8.62. The summed E-state index contributed by atoms with van der Waals surface area (Å²) in [7, 11) is 0. The van der Waals surface area contributed by atoms with E-state index in [0.29, 0.717) is 0 Å². The molecule has 8 heavy (non-hydrogen) atoms. The van der Waals surface area contributed by atoms with E-state index in [1.807, 2.05) is 0 Å². The van der Waals surface area contributed by atoms with Gasteiger partial charge in [-0.2, -0.15) is 0 Å². The van der Waals surface area contributed by atoms with E-state index in [1.165, 1.54) is 0 Å². The van der Waals surface area contributed by atoms with Gasteiger partial charge in [-0.3, -0.25) is 0 Å². The van der Waals surface area contributed by atoms with Crippen LogP contribution in [-0.2, 0) is 21.7 Å². The molecule has 0 aliphatic heterocycles. The molecule has 0 bridgehead atoms. The minimum atomic E-state index is 0. The minimum Gasteiger partial charge on any atom is 0 e. The monoisotopic (exact) mass is 424 g/mol. The van der Waals surface area contributed by atoms with E-state index in [4.69, 9.17) is 0 Å². The Morgan fingerprint density at radius 3 is 0.750 bits per heavy atom. The van der Waals surface area contributed by atoms with Crippen LogP contribution < -0.4 is 0 Å². The first kappa shape index (κ1) is 87.1. The summed E-state index contributed by atoms with van der Waals surface area (Å²) in [5, 5.41) is 0. The molecule has 4 nitrogen and oxygen atoms in total. The molecule has 8 heteroatoms. The quantitative estimate of drug-likeness (QED) is 0.349. The number of hydrogen-bond donors (Lipinski definition) is 0. The van der Waals surface area contributed by atoms with Crippen LogP contribution >= 0.6 is 0 Å². The largest absolute Gasteiger partial charge is 0 e. The Kier molecular flexibility index (Phi) is 721. The molecule has 0 atom stereocenters. The van der Waals surface area contributed by atoms with E-state index < -0.39 is 0 Å². The SMILES string of the molecule is O.O.O.O.[Ba+2].[Ca+2].[H-].[H-].[H-].[H-].[SnH2].[Ti]. The van der Waals surface area contributed by atoms with E-state index in [-0.39, 0.29) is 160 Å². The van der Waals surface area contributed by atoms with E-state index in [2.05, 4.69) is 0 Å². The molecule has 0 rings (SSSR count). The molecule has 0 aromatic carbocycles. The molecule has 8 N–H and O–H groups in total. The Balaban J connectivity index is 0. The van der Waals surface area contributed by atoms with Gasteiger partial charge in [-0.15, -0.1) is 0 Å². The molecule has 0 aliphatic carbocycles. The number of hydrogen-bond acceptors (Lipinski definition) is 0. The van der Waals surface area contributed by atoms with Crippen molar-refractivity contribution in [2.75, 3.05) is 0 Å². The van der Waals surface area contributed by atoms with Crippen LogP contribution in [-0.4, -0.2) is 132 Å². The molecule has 0 heterocycles. The van der Waals surface area contributed by atoms with Crippen LogP contribution in [0.3, 0.4) is 0 Å². The Bertz CT molecular complexity index is 27.0. The zero-order chi connectivity index (χ0) is 0. The molecule has 0 aliphatic rings. The first-order valence-electron chi connectivity index (χ1n) is 0. The van der Waals surface area contributed by atoms with Crippen molar-refractivity contribution in [3.8, 4) is 0 Å². The molecule has 0 spiro atoms. The zero-order valence-corrected chi connectivity index (χ0v) is 16.9. The van der Waals surface area contributed by atoms with Gasteiger partial charge in [0.1, 0.15) is 0 Å². The van der Waals surface area contributed by atoms with Gasteiger partial charge in [0.05, 0.1) is 0 Å². The van der Waals surface area contributed by atoms with Crippen LogP contribution in [0, 0.1) is 0 Å². The van der Waals surface area contributed by atoms with Gasteiger partial charge in [-0.05, 0) is 0 Å². The third-order valence-electron chi connectivity index (χ3n) is 0. The molecule has 0 amide bonds. The van der Waals surface area contributed by atoms with Crippen LogP contribution in [0.15, 0.2) is 0 Å². The fourth-order valence-corrected chi connectivity index (χ4v) is 0. The van der Waals surface area contributed by atoms with E-state index in [1.54, 1.807) is 0 Å². The summed E-state index contributed by atoms with van der Waals surface area (Å²) in [4.78, 5) is 0. The Morgan fingerprint density at radius 1 is 0.750 bits per heavy atom. The molecule has 0 aromatic heterocycles. The topological polar surface area (TPSA) is 126 Å². The van der Waals surface area contributed by atoms with Crippen molar-refractivity contribution in [1.82, 2.24) is 0 Å². The van der Waals surface area contributed by atoms with Gasteiger partial charge in [0, 0.05) is 21.7 Å². The van der Waals surface area contributed by atoms with E-state index in [9.17, 15) is 0 Å². The van der Waals surface area contributed by atoms with Crippen LogP contribution in [0.2, 0.25) is 0 Å². The Morgan fingerprint density at radius 2 is 0.750 bits per heavy atom. The molecule has 0 saturated heterocycles. The summed E-state index contributed by atoms with van der Waals surface area (Å²) >= 11 is 0. The summed E-state index contributed by atoms with van der Waals surface area (Å²) in [6, 6.07) is 0. The third-order valence-corrected chi connectivity index (χ3v) is 0. The third kappa shape index (κ3) is 49.1. The molecule has 0 aromatic rings. The molecule has 0 saturated carbocycles. The van der Waals surface area contributed by atoms with Crippen molar-refractivity contribution >= 4 is 111 Å². The standard InChI is InChI=1S/Ba.Ca.4H2O.Sn.Ti.6H/h;;4*1H2;;;;;;;;/q2*+2;;;;;;;;;4*-1. The molecule has 2 radical (unpaired) electrons. The molecule has 50 valence electrons. The van der Waals surface area contributed by atoms with Crippen molar-refractivity contribution in [1.29, 1.82) is 0 Å². The second-order valence-electron chi connectivity index (χ2n) is 0. The van der Waals surface area contributed by atoms with Crippen LogP contribution in [0.4, 0.5) is 0 Å². The van der Waals surface area contributed by atoms with Crippen LogP contribution in [0.25, 0.3) is 0 Å². The van der Waals surface area contributed by atoms with Crippen LogP contribution in [0.5, 0.6) is 0 Å². The van der Waals surface area contributed by atoms with Crippen molar-refractivity contribution < 1.29 is 49.3 Å². The summed E-state index contributed by atoms with van der Waals surface area (Å²) in [5.41, 5.74) is 0. The first-order chi connectivity index (χ1) is 0. The fourth-order valence-electron chi connectivity index (χ4n) is 0. The molecule has 0 unspecified atom stereocenters. The fraction of sp³-hybridized carbons (Fsp3) is 0. The van der Waals surface area contributed by atoms with Gasteiger partial charge in [-0.1, -0.05) is 0 Å². The van der Waals surface area contributed by atoms with Crippen molar-refractivity contribution in [2.45, 2.75) is 0 Å². The molecular weight excluding hydrogens is 408 g/mol. The summed E-state index contributed by atoms with van der Waals surface area (Å²) < 4.78 is 0. The van der Waals surface area contributed by atoms with Gasteiger partial charge in [-0.25, -0.2) is 0 Å². The predicted octanol–water partition coefficient (Wildman–Crippen LogP) is -4.53. The maximum Gasteiger partial charge on any atom is 0 e. The first-order valence-corrected chi connectivity index (χ1v) is 0. The maximum atomic E-state index is 0. The maximum absolute atomic E-state index is 0. The normalized spacial score (nSPS) is 0. The second-order valence-corrected chi connectivity index (χ2v) is 0. The van der Waals surface area contributed by atoms with Gasteiger partial charge in [0.25, 0.3) is 0 Å². The smallest absolute Gasteiger partial charge is 0 e. The molecule has 0 fully saturated rings. The van der Waals surface area contributed by atoms with Gasteiger partial charge >= 0.3 is 111 Å².